The SMILES string of the molecule is O=C1O[C@@H]([C@@H](Br)c2ccc([N+](=O)[O-])cc2)c2ccccc21. The Hall–Kier alpha value is -2.21. The summed E-state index contributed by atoms with van der Waals surface area (Å²) in [5.74, 6) is -0.345. The van der Waals surface area contributed by atoms with Crippen LogP contribution in [0.15, 0.2) is 48.5 Å². The lowest BCUT2D eigenvalue weighted by Gasteiger charge is -2.17. The van der Waals surface area contributed by atoms with Crippen LogP contribution in [0, 0.1) is 10.1 Å². The fourth-order valence-corrected chi connectivity index (χ4v) is 3.04. The molecule has 0 N–H and O–H groups in total. The molecule has 6 heteroatoms. The molecule has 0 bridgehead atoms. The van der Waals surface area contributed by atoms with Crippen molar-refractivity contribution < 1.29 is 14.5 Å². The van der Waals surface area contributed by atoms with Crippen LogP contribution in [0.2, 0.25) is 0 Å². The Morgan fingerprint density at radius 1 is 1.14 bits per heavy atom. The summed E-state index contributed by atoms with van der Waals surface area (Å²) in [5.41, 5.74) is 2.23. The number of nitrogens with zero attached hydrogens (tertiary/aromatic N) is 1. The smallest absolute Gasteiger partial charge is 0.339 e. The zero-order valence-electron chi connectivity index (χ0n) is 10.7. The Morgan fingerprint density at radius 3 is 2.48 bits per heavy atom. The number of ether oxygens (including phenoxy) is 1. The van der Waals surface area contributed by atoms with E-state index in [1.807, 2.05) is 12.1 Å². The molecule has 106 valence electrons. The fourth-order valence-electron chi connectivity index (χ4n) is 2.35. The highest BCUT2D eigenvalue weighted by molar-refractivity contribution is 9.09. The molecule has 5 nitrogen and oxygen atoms in total. The van der Waals surface area contributed by atoms with E-state index in [1.54, 1.807) is 24.3 Å². The fraction of sp³-hybridized carbons (Fsp3) is 0.133. The zero-order valence-corrected chi connectivity index (χ0v) is 12.3. The number of hydrogen-bond acceptors (Lipinski definition) is 4. The molecule has 2 aromatic rings. The minimum atomic E-state index is -0.447. The van der Waals surface area contributed by atoms with Crippen molar-refractivity contribution in [2.75, 3.05) is 0 Å². The molecule has 0 saturated heterocycles. The first kappa shape index (κ1) is 13.8. The second-order valence-electron chi connectivity index (χ2n) is 4.66. The number of halogens is 1. The molecule has 0 aliphatic carbocycles. The summed E-state index contributed by atoms with van der Waals surface area (Å²) in [4.78, 5) is 21.8. The largest absolute Gasteiger partial charge is 0.452 e. The van der Waals surface area contributed by atoms with Crippen LogP contribution in [-0.4, -0.2) is 10.9 Å². The van der Waals surface area contributed by atoms with Crippen molar-refractivity contribution in [2.24, 2.45) is 0 Å². The second-order valence-corrected chi connectivity index (χ2v) is 5.65. The van der Waals surface area contributed by atoms with Crippen LogP contribution in [0.3, 0.4) is 0 Å². The highest BCUT2D eigenvalue weighted by Crippen LogP contribution is 2.44. The molecule has 0 radical (unpaired) electrons. The van der Waals surface area contributed by atoms with E-state index < -0.39 is 11.0 Å². The molecule has 2 atom stereocenters. The number of nitro groups is 1. The summed E-state index contributed by atoms with van der Waals surface area (Å²) >= 11 is 3.52. The second kappa shape index (κ2) is 5.29. The van der Waals surface area contributed by atoms with Gasteiger partial charge in [-0.25, -0.2) is 4.79 Å². The molecule has 0 saturated carbocycles. The Kier molecular flexibility index (Phi) is 3.47. The highest BCUT2D eigenvalue weighted by atomic mass is 79.9. The number of carbonyl (C=O) groups excluding carboxylic acids is 1. The quantitative estimate of drug-likeness (QED) is 0.365. The molecule has 0 amide bonds. The minimum absolute atomic E-state index is 0.0299. The molecule has 0 fully saturated rings. The van der Waals surface area contributed by atoms with Gasteiger partial charge in [-0.3, -0.25) is 10.1 Å². The molecule has 2 aromatic carbocycles. The Bertz CT molecular complexity index is 714. The Morgan fingerprint density at radius 2 is 1.81 bits per heavy atom. The molecule has 1 aliphatic rings. The molecule has 1 heterocycles. The standard InChI is InChI=1S/C15H10BrNO4/c16-13(9-5-7-10(8-6-9)17(19)20)14-11-3-1-2-4-12(11)15(18)21-14/h1-8,13-14H/t13-,14+/m0/s1. The molecule has 0 unspecified atom stereocenters. The Labute approximate surface area is 128 Å². The summed E-state index contributed by atoms with van der Waals surface area (Å²) in [7, 11) is 0. The molecule has 0 aromatic heterocycles. The van der Waals surface area contributed by atoms with Crippen LogP contribution in [-0.2, 0) is 4.74 Å². The van der Waals surface area contributed by atoms with E-state index in [9.17, 15) is 14.9 Å². The van der Waals surface area contributed by atoms with Crippen molar-refractivity contribution in [2.45, 2.75) is 10.9 Å². The van der Waals surface area contributed by atoms with Gasteiger partial charge in [0.2, 0.25) is 0 Å². The number of hydrogen-bond donors (Lipinski definition) is 0. The first-order chi connectivity index (χ1) is 10.1. The number of esters is 1. The average Bonchev–Trinajstić information content (AvgIpc) is 2.84. The lowest BCUT2D eigenvalue weighted by molar-refractivity contribution is -0.384. The maximum Gasteiger partial charge on any atom is 0.339 e. The summed E-state index contributed by atoms with van der Waals surface area (Å²) in [6, 6.07) is 13.4. The number of rotatable bonds is 3. The Balaban J connectivity index is 1.91. The number of carbonyl (C=O) groups is 1. The van der Waals surface area contributed by atoms with Crippen molar-refractivity contribution in [1.82, 2.24) is 0 Å². The topological polar surface area (TPSA) is 69.4 Å². The summed E-state index contributed by atoms with van der Waals surface area (Å²) in [6.07, 6.45) is -0.435. The van der Waals surface area contributed by atoms with Gasteiger partial charge in [0.1, 0.15) is 6.10 Å². The van der Waals surface area contributed by atoms with Crippen LogP contribution >= 0.6 is 15.9 Å². The first-order valence-corrected chi connectivity index (χ1v) is 7.18. The van der Waals surface area contributed by atoms with Crippen molar-refractivity contribution >= 4 is 27.6 Å². The molecule has 1 aliphatic heterocycles. The van der Waals surface area contributed by atoms with Crippen molar-refractivity contribution in [3.63, 3.8) is 0 Å². The number of alkyl halides is 1. The summed E-state index contributed by atoms with van der Waals surface area (Å²) < 4.78 is 5.41. The van der Waals surface area contributed by atoms with Gasteiger partial charge in [-0.1, -0.05) is 46.3 Å². The summed E-state index contributed by atoms with van der Waals surface area (Å²) in [5, 5.41) is 10.7. The predicted octanol–water partition coefficient (Wildman–Crippen LogP) is 3.94. The summed E-state index contributed by atoms with van der Waals surface area (Å²) in [6.45, 7) is 0. The van der Waals surface area contributed by atoms with E-state index >= 15 is 0 Å². The molecular formula is C15H10BrNO4. The van der Waals surface area contributed by atoms with Crippen LogP contribution in [0.1, 0.15) is 32.4 Å². The van der Waals surface area contributed by atoms with Gasteiger partial charge in [-0.2, -0.15) is 0 Å². The third-order valence-corrected chi connectivity index (χ3v) is 4.42. The van der Waals surface area contributed by atoms with Gasteiger partial charge in [0, 0.05) is 17.7 Å². The van der Waals surface area contributed by atoms with Crippen molar-refractivity contribution in [3.8, 4) is 0 Å². The van der Waals surface area contributed by atoms with E-state index in [4.69, 9.17) is 4.74 Å². The van der Waals surface area contributed by atoms with Gasteiger partial charge in [0.25, 0.3) is 5.69 Å². The van der Waals surface area contributed by atoms with Gasteiger partial charge >= 0.3 is 5.97 Å². The minimum Gasteiger partial charge on any atom is -0.452 e. The van der Waals surface area contributed by atoms with Crippen LogP contribution in [0.25, 0.3) is 0 Å². The van der Waals surface area contributed by atoms with Gasteiger partial charge < -0.3 is 4.74 Å². The maximum absolute atomic E-state index is 11.8. The average molecular weight is 348 g/mol. The molecular weight excluding hydrogens is 338 g/mol. The van der Waals surface area contributed by atoms with Crippen LogP contribution < -0.4 is 0 Å². The van der Waals surface area contributed by atoms with Gasteiger partial charge in [-0.05, 0) is 11.6 Å². The predicted molar refractivity (Wildman–Crippen MR) is 79.4 cm³/mol. The van der Waals surface area contributed by atoms with Crippen LogP contribution in [0.4, 0.5) is 5.69 Å². The number of fused-ring (bicyclic) bond motifs is 1. The third-order valence-electron chi connectivity index (χ3n) is 3.41. The van der Waals surface area contributed by atoms with Crippen molar-refractivity contribution in [3.05, 3.63) is 75.3 Å². The van der Waals surface area contributed by atoms with E-state index in [-0.39, 0.29) is 16.5 Å². The number of benzene rings is 2. The number of nitro benzene ring substituents is 1. The number of non-ortho nitro benzene ring substituents is 1. The molecule has 0 spiro atoms. The van der Waals surface area contributed by atoms with E-state index in [0.29, 0.717) is 5.56 Å². The van der Waals surface area contributed by atoms with Crippen LogP contribution in [0.5, 0.6) is 0 Å². The highest BCUT2D eigenvalue weighted by Gasteiger charge is 2.36. The van der Waals surface area contributed by atoms with E-state index in [2.05, 4.69) is 15.9 Å². The molecule has 3 rings (SSSR count). The lowest BCUT2D eigenvalue weighted by Crippen LogP contribution is -2.06. The van der Waals surface area contributed by atoms with Gasteiger partial charge in [0.15, 0.2) is 0 Å². The molecule has 21 heavy (non-hydrogen) atoms. The van der Waals surface area contributed by atoms with E-state index in [1.165, 1.54) is 12.1 Å². The van der Waals surface area contributed by atoms with E-state index in [0.717, 1.165) is 11.1 Å². The maximum atomic E-state index is 11.8. The number of cyclic esters (lactones) is 1. The normalized spacial score (nSPS) is 18.0. The zero-order chi connectivity index (χ0) is 15.0. The third kappa shape index (κ3) is 2.42. The van der Waals surface area contributed by atoms with Crippen molar-refractivity contribution in [1.29, 1.82) is 0 Å². The van der Waals surface area contributed by atoms with Gasteiger partial charge in [-0.15, -0.1) is 0 Å². The monoisotopic (exact) mass is 347 g/mol. The van der Waals surface area contributed by atoms with Gasteiger partial charge in [0.05, 0.1) is 15.3 Å². The lowest BCUT2D eigenvalue weighted by atomic mass is 9.99. The first-order valence-electron chi connectivity index (χ1n) is 6.26.